The first-order valence-corrected chi connectivity index (χ1v) is 11.3. The molecule has 0 aliphatic heterocycles. The number of rotatable bonds is 15. The van der Waals surface area contributed by atoms with Crippen molar-refractivity contribution in [3.8, 4) is 0 Å². The third kappa shape index (κ3) is 9.23. The first-order chi connectivity index (χ1) is 14.5. The highest BCUT2D eigenvalue weighted by molar-refractivity contribution is 5.82. The van der Waals surface area contributed by atoms with Crippen LogP contribution in [0.5, 0.6) is 0 Å². The van der Waals surface area contributed by atoms with Gasteiger partial charge in [-0.05, 0) is 57.3 Å². The van der Waals surface area contributed by atoms with Gasteiger partial charge < -0.3 is 23.7 Å². The Balaban J connectivity index is 1.54. The molecular weight excluding hydrogens is 388 g/mol. The fourth-order valence-electron chi connectivity index (χ4n) is 4.67. The lowest BCUT2D eigenvalue weighted by Crippen LogP contribution is -2.19. The van der Waals surface area contributed by atoms with Crippen molar-refractivity contribution in [1.29, 1.82) is 0 Å². The molecule has 7 nitrogen and oxygen atoms in total. The van der Waals surface area contributed by atoms with Gasteiger partial charge >= 0.3 is 5.97 Å². The molecule has 2 rings (SSSR count). The summed E-state index contributed by atoms with van der Waals surface area (Å²) in [6, 6.07) is 0. The average molecular weight is 427 g/mol. The number of ether oxygens (including phenoxy) is 4. The van der Waals surface area contributed by atoms with Gasteiger partial charge in [0.1, 0.15) is 18.2 Å². The minimum atomic E-state index is -0.174. The van der Waals surface area contributed by atoms with Gasteiger partial charge in [-0.25, -0.2) is 0 Å². The molecule has 0 aromatic heterocycles. The Hall–Kier alpha value is -1.31. The van der Waals surface area contributed by atoms with Gasteiger partial charge in [-0.15, -0.1) is 0 Å². The molecule has 0 N–H and O–H groups in total. The highest BCUT2D eigenvalue weighted by atomic mass is 16.6. The number of carbonyl (C=O) groups excluding carboxylic acids is 3. The van der Waals surface area contributed by atoms with E-state index in [1.165, 1.54) is 0 Å². The lowest BCUT2D eigenvalue weighted by molar-refractivity contribution is -0.150. The maximum absolute atomic E-state index is 12.6. The lowest BCUT2D eigenvalue weighted by Gasteiger charge is -2.14. The minimum Gasteiger partial charge on any atom is -0.463 e. The molecule has 0 saturated heterocycles. The van der Waals surface area contributed by atoms with E-state index in [2.05, 4.69) is 0 Å². The van der Waals surface area contributed by atoms with Crippen LogP contribution in [0, 0.1) is 23.7 Å². The van der Waals surface area contributed by atoms with E-state index in [-0.39, 0.29) is 36.1 Å². The van der Waals surface area contributed by atoms with E-state index in [9.17, 15) is 14.4 Å². The van der Waals surface area contributed by atoms with E-state index in [4.69, 9.17) is 18.9 Å². The molecule has 2 aliphatic carbocycles. The molecule has 4 atom stereocenters. The van der Waals surface area contributed by atoms with Crippen LogP contribution in [-0.4, -0.2) is 64.3 Å². The minimum absolute atomic E-state index is 0.103. The van der Waals surface area contributed by atoms with E-state index in [1.54, 1.807) is 14.0 Å². The number of esters is 1. The normalized spacial score (nSPS) is 26.1. The van der Waals surface area contributed by atoms with Gasteiger partial charge in [-0.3, -0.25) is 9.59 Å². The van der Waals surface area contributed by atoms with E-state index in [0.29, 0.717) is 57.6 Å². The molecule has 2 fully saturated rings. The summed E-state index contributed by atoms with van der Waals surface area (Å²) in [6.07, 6.45) is 6.35. The fourth-order valence-corrected chi connectivity index (χ4v) is 4.67. The van der Waals surface area contributed by atoms with Crippen LogP contribution in [0.3, 0.4) is 0 Å². The number of hydrogen-bond donors (Lipinski definition) is 0. The van der Waals surface area contributed by atoms with Crippen LogP contribution >= 0.6 is 0 Å². The van der Waals surface area contributed by atoms with Crippen LogP contribution in [0.4, 0.5) is 0 Å². The largest absolute Gasteiger partial charge is 0.463 e. The van der Waals surface area contributed by atoms with Crippen molar-refractivity contribution in [3.05, 3.63) is 0 Å². The van der Waals surface area contributed by atoms with E-state index >= 15 is 0 Å². The Bertz CT molecular complexity index is 548. The maximum Gasteiger partial charge on any atom is 0.309 e. The van der Waals surface area contributed by atoms with Gasteiger partial charge in [0.25, 0.3) is 0 Å². The molecule has 0 heterocycles. The summed E-state index contributed by atoms with van der Waals surface area (Å²) < 4.78 is 20.9. The van der Waals surface area contributed by atoms with Crippen molar-refractivity contribution < 1.29 is 33.3 Å². The number of ketones is 2. The topological polar surface area (TPSA) is 88.1 Å². The lowest BCUT2D eigenvalue weighted by atomic mass is 9.90. The molecule has 0 spiro atoms. The summed E-state index contributed by atoms with van der Waals surface area (Å²) in [6.45, 7) is 4.29. The molecule has 7 heteroatoms. The molecule has 30 heavy (non-hydrogen) atoms. The summed E-state index contributed by atoms with van der Waals surface area (Å²) in [5.74, 6) is 1.02. The van der Waals surface area contributed by atoms with Gasteiger partial charge in [0.15, 0.2) is 0 Å². The SMILES string of the molecule is COCCOCCOCCOC(=O)C1CCC(CC(=O)C2CCC(CC(C)=O)C2)C1. The molecular formula is C23H38O7. The van der Waals surface area contributed by atoms with Crippen LogP contribution < -0.4 is 0 Å². The molecule has 0 aromatic rings. The van der Waals surface area contributed by atoms with Crippen molar-refractivity contribution in [2.75, 3.05) is 46.8 Å². The Morgan fingerprint density at radius 1 is 0.733 bits per heavy atom. The molecule has 2 aliphatic rings. The molecule has 2 saturated carbocycles. The number of carbonyl (C=O) groups is 3. The summed E-state index contributed by atoms with van der Waals surface area (Å²) in [5.41, 5.74) is 0. The van der Waals surface area contributed by atoms with Crippen LogP contribution in [0.2, 0.25) is 0 Å². The molecule has 0 aromatic carbocycles. The van der Waals surface area contributed by atoms with Crippen LogP contribution in [0.25, 0.3) is 0 Å². The third-order valence-electron chi connectivity index (χ3n) is 6.21. The standard InChI is InChI=1S/C23H38O7/c1-17(24)13-18-3-5-20(14-18)22(25)16-19-4-6-21(15-19)23(26)30-12-11-29-10-9-28-8-7-27-2/h18-21H,3-16H2,1-2H3. The van der Waals surface area contributed by atoms with E-state index in [1.807, 2.05) is 0 Å². The Labute approximate surface area is 180 Å². The predicted octanol–water partition coefficient (Wildman–Crippen LogP) is 2.98. The molecule has 172 valence electrons. The number of hydrogen-bond acceptors (Lipinski definition) is 7. The number of methoxy groups -OCH3 is 1. The summed E-state index contributed by atoms with van der Waals surface area (Å²) in [4.78, 5) is 36.2. The summed E-state index contributed by atoms with van der Waals surface area (Å²) in [5, 5.41) is 0. The second kappa shape index (κ2) is 13.9. The zero-order chi connectivity index (χ0) is 21.8. The summed E-state index contributed by atoms with van der Waals surface area (Å²) >= 11 is 0. The summed E-state index contributed by atoms with van der Waals surface area (Å²) in [7, 11) is 1.63. The molecule has 4 unspecified atom stereocenters. The van der Waals surface area contributed by atoms with Crippen LogP contribution in [0.1, 0.15) is 58.3 Å². The molecule has 0 bridgehead atoms. The van der Waals surface area contributed by atoms with Crippen molar-refractivity contribution in [1.82, 2.24) is 0 Å². The predicted molar refractivity (Wildman–Crippen MR) is 111 cm³/mol. The van der Waals surface area contributed by atoms with Crippen LogP contribution in [-0.2, 0) is 33.3 Å². The van der Waals surface area contributed by atoms with Gasteiger partial charge in [0.2, 0.25) is 0 Å². The van der Waals surface area contributed by atoms with Gasteiger partial charge in [0.05, 0.1) is 39.0 Å². The van der Waals surface area contributed by atoms with Crippen molar-refractivity contribution in [2.45, 2.75) is 58.3 Å². The van der Waals surface area contributed by atoms with Gasteiger partial charge in [-0.2, -0.15) is 0 Å². The highest BCUT2D eigenvalue weighted by Crippen LogP contribution is 2.38. The second-order valence-corrected chi connectivity index (χ2v) is 8.71. The van der Waals surface area contributed by atoms with Crippen LogP contribution in [0.15, 0.2) is 0 Å². The molecule has 0 radical (unpaired) electrons. The van der Waals surface area contributed by atoms with E-state index in [0.717, 1.165) is 38.5 Å². The van der Waals surface area contributed by atoms with Crippen molar-refractivity contribution in [2.24, 2.45) is 23.7 Å². The van der Waals surface area contributed by atoms with E-state index < -0.39 is 0 Å². The Morgan fingerprint density at radius 3 is 1.97 bits per heavy atom. The third-order valence-corrected chi connectivity index (χ3v) is 6.21. The average Bonchev–Trinajstić information content (AvgIpc) is 3.36. The highest BCUT2D eigenvalue weighted by Gasteiger charge is 2.35. The monoisotopic (exact) mass is 426 g/mol. The maximum atomic E-state index is 12.6. The first kappa shape index (κ1) is 25.0. The quantitative estimate of drug-likeness (QED) is 0.294. The van der Waals surface area contributed by atoms with Gasteiger partial charge in [-0.1, -0.05) is 0 Å². The Morgan fingerprint density at radius 2 is 1.30 bits per heavy atom. The first-order valence-electron chi connectivity index (χ1n) is 11.3. The van der Waals surface area contributed by atoms with Crippen molar-refractivity contribution in [3.63, 3.8) is 0 Å². The second-order valence-electron chi connectivity index (χ2n) is 8.71. The fraction of sp³-hybridized carbons (Fsp3) is 0.870. The zero-order valence-electron chi connectivity index (χ0n) is 18.6. The zero-order valence-corrected chi connectivity index (χ0v) is 18.6. The smallest absolute Gasteiger partial charge is 0.309 e. The number of Topliss-reactive ketones (excluding diaryl/α,β-unsaturated/α-hetero) is 2. The van der Waals surface area contributed by atoms with Crippen molar-refractivity contribution >= 4 is 17.5 Å². The van der Waals surface area contributed by atoms with Gasteiger partial charge in [0, 0.05) is 25.9 Å². The Kier molecular flexibility index (Phi) is 11.6. The molecule has 0 amide bonds.